The standard InChI is InChI=1S/C20H25NO4/c1-5-15-6-9-17(10-7-15)25-14-20(22)21(2)13-16-8-11-18(23-3)12-19(16)24-4/h6-12H,5,13-14H2,1-4H3. The number of amides is 1. The minimum atomic E-state index is -0.0996. The molecule has 134 valence electrons. The van der Waals surface area contributed by atoms with E-state index in [0.717, 1.165) is 12.0 Å². The number of rotatable bonds is 8. The van der Waals surface area contributed by atoms with E-state index in [-0.39, 0.29) is 12.5 Å². The Labute approximate surface area is 149 Å². The zero-order valence-electron chi connectivity index (χ0n) is 15.2. The molecule has 0 saturated heterocycles. The van der Waals surface area contributed by atoms with Gasteiger partial charge in [-0.3, -0.25) is 4.79 Å². The first-order chi connectivity index (χ1) is 12.1. The molecule has 25 heavy (non-hydrogen) atoms. The van der Waals surface area contributed by atoms with Gasteiger partial charge in [0.1, 0.15) is 17.2 Å². The predicted octanol–water partition coefficient (Wildman–Crippen LogP) is 3.30. The van der Waals surface area contributed by atoms with Crippen LogP contribution in [0.15, 0.2) is 42.5 Å². The maximum absolute atomic E-state index is 12.3. The zero-order chi connectivity index (χ0) is 18.2. The summed E-state index contributed by atoms with van der Waals surface area (Å²) in [6.07, 6.45) is 0.978. The second kappa shape index (κ2) is 8.97. The molecule has 0 aliphatic rings. The fraction of sp³-hybridized carbons (Fsp3) is 0.350. The van der Waals surface area contributed by atoms with Crippen LogP contribution in [0, 0.1) is 0 Å². The highest BCUT2D eigenvalue weighted by Crippen LogP contribution is 2.25. The first-order valence-electron chi connectivity index (χ1n) is 8.24. The normalized spacial score (nSPS) is 10.2. The minimum absolute atomic E-state index is 0.000438. The van der Waals surface area contributed by atoms with E-state index in [0.29, 0.717) is 23.8 Å². The van der Waals surface area contributed by atoms with Gasteiger partial charge in [0.2, 0.25) is 0 Å². The summed E-state index contributed by atoms with van der Waals surface area (Å²) < 4.78 is 16.1. The summed E-state index contributed by atoms with van der Waals surface area (Å²) in [5.41, 5.74) is 2.15. The van der Waals surface area contributed by atoms with E-state index < -0.39 is 0 Å². The molecule has 0 bridgehead atoms. The Morgan fingerprint density at radius 2 is 1.68 bits per heavy atom. The van der Waals surface area contributed by atoms with Crippen molar-refractivity contribution in [1.82, 2.24) is 4.90 Å². The van der Waals surface area contributed by atoms with Crippen LogP contribution in [-0.2, 0) is 17.8 Å². The van der Waals surface area contributed by atoms with E-state index in [4.69, 9.17) is 14.2 Å². The third-order valence-corrected chi connectivity index (χ3v) is 4.02. The lowest BCUT2D eigenvalue weighted by Gasteiger charge is -2.19. The van der Waals surface area contributed by atoms with Crippen LogP contribution in [0.3, 0.4) is 0 Å². The van der Waals surface area contributed by atoms with Crippen LogP contribution < -0.4 is 14.2 Å². The van der Waals surface area contributed by atoms with Crippen molar-refractivity contribution in [3.05, 3.63) is 53.6 Å². The molecule has 0 N–H and O–H groups in total. The van der Waals surface area contributed by atoms with E-state index in [9.17, 15) is 4.79 Å². The molecule has 0 aromatic heterocycles. The van der Waals surface area contributed by atoms with Crippen molar-refractivity contribution in [1.29, 1.82) is 0 Å². The lowest BCUT2D eigenvalue weighted by Crippen LogP contribution is -2.31. The van der Waals surface area contributed by atoms with Crippen LogP contribution in [0.1, 0.15) is 18.1 Å². The molecule has 2 aromatic carbocycles. The molecule has 0 fully saturated rings. The Kier molecular flexibility index (Phi) is 6.69. The van der Waals surface area contributed by atoms with Gasteiger partial charge in [0, 0.05) is 25.2 Å². The van der Waals surface area contributed by atoms with Gasteiger partial charge < -0.3 is 19.1 Å². The van der Waals surface area contributed by atoms with Crippen LogP contribution in [0.5, 0.6) is 17.2 Å². The van der Waals surface area contributed by atoms with Crippen LogP contribution in [0.25, 0.3) is 0 Å². The first kappa shape index (κ1) is 18.6. The third-order valence-electron chi connectivity index (χ3n) is 4.02. The minimum Gasteiger partial charge on any atom is -0.497 e. The van der Waals surface area contributed by atoms with E-state index in [2.05, 4.69) is 6.92 Å². The Morgan fingerprint density at radius 1 is 1.00 bits per heavy atom. The van der Waals surface area contributed by atoms with Gasteiger partial charge in [0.05, 0.1) is 14.2 Å². The molecule has 0 unspecified atom stereocenters. The molecule has 0 aliphatic carbocycles. The fourth-order valence-electron chi connectivity index (χ4n) is 2.40. The van der Waals surface area contributed by atoms with E-state index in [1.54, 1.807) is 32.2 Å². The molecule has 1 amide bonds. The molecule has 2 rings (SSSR count). The van der Waals surface area contributed by atoms with Gasteiger partial charge in [-0.05, 0) is 36.2 Å². The fourth-order valence-corrected chi connectivity index (χ4v) is 2.40. The van der Waals surface area contributed by atoms with Crippen molar-refractivity contribution in [2.75, 3.05) is 27.9 Å². The van der Waals surface area contributed by atoms with Crippen molar-refractivity contribution in [2.45, 2.75) is 19.9 Å². The molecule has 2 aromatic rings. The highest BCUT2D eigenvalue weighted by atomic mass is 16.5. The van der Waals surface area contributed by atoms with Crippen molar-refractivity contribution in [3.8, 4) is 17.2 Å². The van der Waals surface area contributed by atoms with Gasteiger partial charge >= 0.3 is 0 Å². The molecule has 0 spiro atoms. The molecule has 0 heterocycles. The van der Waals surface area contributed by atoms with Crippen molar-refractivity contribution < 1.29 is 19.0 Å². The summed E-state index contributed by atoms with van der Waals surface area (Å²) in [6.45, 7) is 2.53. The van der Waals surface area contributed by atoms with Gasteiger partial charge in [0.25, 0.3) is 5.91 Å². The third kappa shape index (κ3) is 5.14. The number of aryl methyl sites for hydroxylation is 1. The molecule has 0 radical (unpaired) electrons. The van der Waals surface area contributed by atoms with Crippen LogP contribution >= 0.6 is 0 Å². The maximum Gasteiger partial charge on any atom is 0.260 e. The summed E-state index contributed by atoms with van der Waals surface area (Å²) in [6, 6.07) is 13.3. The average Bonchev–Trinajstić information content (AvgIpc) is 2.66. The number of hydrogen-bond acceptors (Lipinski definition) is 4. The highest BCUT2D eigenvalue weighted by Gasteiger charge is 2.13. The zero-order valence-corrected chi connectivity index (χ0v) is 15.2. The van der Waals surface area contributed by atoms with Crippen LogP contribution in [0.2, 0.25) is 0 Å². The number of carbonyl (C=O) groups excluding carboxylic acids is 1. The Balaban J connectivity index is 1.93. The van der Waals surface area contributed by atoms with Gasteiger partial charge in [-0.25, -0.2) is 0 Å². The smallest absolute Gasteiger partial charge is 0.260 e. The molecular weight excluding hydrogens is 318 g/mol. The molecule has 0 aliphatic heterocycles. The Hall–Kier alpha value is -2.69. The monoisotopic (exact) mass is 343 g/mol. The number of benzene rings is 2. The van der Waals surface area contributed by atoms with Gasteiger partial charge in [0.15, 0.2) is 6.61 Å². The number of hydrogen-bond donors (Lipinski definition) is 0. The van der Waals surface area contributed by atoms with Crippen molar-refractivity contribution in [3.63, 3.8) is 0 Å². The Morgan fingerprint density at radius 3 is 2.28 bits per heavy atom. The van der Waals surface area contributed by atoms with E-state index in [1.165, 1.54) is 5.56 Å². The largest absolute Gasteiger partial charge is 0.497 e. The topological polar surface area (TPSA) is 48.0 Å². The summed E-state index contributed by atoms with van der Waals surface area (Å²) in [5.74, 6) is 2.00. The second-order valence-electron chi connectivity index (χ2n) is 5.71. The van der Waals surface area contributed by atoms with Crippen LogP contribution in [-0.4, -0.2) is 38.7 Å². The quantitative estimate of drug-likeness (QED) is 0.738. The second-order valence-corrected chi connectivity index (χ2v) is 5.71. The number of ether oxygens (including phenoxy) is 3. The molecule has 5 heteroatoms. The lowest BCUT2D eigenvalue weighted by atomic mass is 10.1. The van der Waals surface area contributed by atoms with Gasteiger partial charge in [-0.1, -0.05) is 19.1 Å². The lowest BCUT2D eigenvalue weighted by molar-refractivity contribution is -0.132. The molecule has 5 nitrogen and oxygen atoms in total. The van der Waals surface area contributed by atoms with Gasteiger partial charge in [-0.15, -0.1) is 0 Å². The first-order valence-corrected chi connectivity index (χ1v) is 8.24. The average molecular weight is 343 g/mol. The SMILES string of the molecule is CCc1ccc(OCC(=O)N(C)Cc2ccc(OC)cc2OC)cc1. The summed E-state index contributed by atoms with van der Waals surface area (Å²) >= 11 is 0. The number of likely N-dealkylation sites (N-methyl/N-ethyl adjacent to an activating group) is 1. The van der Waals surface area contributed by atoms with Crippen molar-refractivity contribution >= 4 is 5.91 Å². The molecule has 0 atom stereocenters. The molecule has 0 saturated carbocycles. The highest BCUT2D eigenvalue weighted by molar-refractivity contribution is 5.77. The number of methoxy groups -OCH3 is 2. The summed E-state index contributed by atoms with van der Waals surface area (Å²) in [5, 5.41) is 0. The number of nitrogens with zero attached hydrogens (tertiary/aromatic N) is 1. The maximum atomic E-state index is 12.3. The van der Waals surface area contributed by atoms with E-state index >= 15 is 0 Å². The predicted molar refractivity (Wildman–Crippen MR) is 97.3 cm³/mol. The summed E-state index contributed by atoms with van der Waals surface area (Å²) in [4.78, 5) is 13.9. The van der Waals surface area contributed by atoms with Gasteiger partial charge in [-0.2, -0.15) is 0 Å². The number of carbonyl (C=O) groups is 1. The van der Waals surface area contributed by atoms with Crippen LogP contribution in [0.4, 0.5) is 0 Å². The Bertz CT molecular complexity index is 697. The summed E-state index contributed by atoms with van der Waals surface area (Å²) in [7, 11) is 4.95. The molecular formula is C20H25NO4. The van der Waals surface area contributed by atoms with Crippen molar-refractivity contribution in [2.24, 2.45) is 0 Å². The van der Waals surface area contributed by atoms with E-state index in [1.807, 2.05) is 36.4 Å².